The Balaban J connectivity index is 1.64. The molecule has 1 saturated heterocycles. The van der Waals surface area contributed by atoms with Crippen LogP contribution in [0, 0.1) is 6.92 Å². The van der Waals surface area contributed by atoms with Crippen molar-refractivity contribution in [2.24, 2.45) is 0 Å². The zero-order chi connectivity index (χ0) is 22.9. The van der Waals surface area contributed by atoms with Crippen LogP contribution in [0.3, 0.4) is 0 Å². The van der Waals surface area contributed by atoms with Crippen molar-refractivity contribution in [2.75, 3.05) is 13.2 Å². The molecule has 5 nitrogen and oxygen atoms in total. The lowest BCUT2D eigenvalue weighted by Gasteiger charge is -2.14. The number of para-hydroxylation sites is 1. The molecular weight excluding hydrogens is 442 g/mol. The van der Waals surface area contributed by atoms with E-state index >= 15 is 0 Å². The first kappa shape index (κ1) is 24.0. The van der Waals surface area contributed by atoms with E-state index in [4.69, 9.17) is 21.7 Å². The summed E-state index contributed by atoms with van der Waals surface area (Å²) in [6, 6.07) is 15.7. The zero-order valence-corrected chi connectivity index (χ0v) is 20.0. The van der Waals surface area contributed by atoms with E-state index in [-0.39, 0.29) is 18.3 Å². The van der Waals surface area contributed by atoms with Gasteiger partial charge in [-0.1, -0.05) is 73.4 Å². The summed E-state index contributed by atoms with van der Waals surface area (Å²) in [5.41, 5.74) is 3.11. The molecule has 1 amide bonds. The van der Waals surface area contributed by atoms with E-state index in [2.05, 4.69) is 13.0 Å². The van der Waals surface area contributed by atoms with E-state index in [0.29, 0.717) is 41.2 Å². The molecule has 0 aliphatic carbocycles. The molecule has 2 aromatic carbocycles. The molecule has 7 heteroatoms. The summed E-state index contributed by atoms with van der Waals surface area (Å²) in [4.78, 5) is 26.7. The summed E-state index contributed by atoms with van der Waals surface area (Å²) in [6.45, 7) is 5.28. The lowest BCUT2D eigenvalue weighted by molar-refractivity contribution is -0.144. The van der Waals surface area contributed by atoms with Crippen molar-refractivity contribution in [1.82, 2.24) is 4.90 Å². The van der Waals surface area contributed by atoms with Gasteiger partial charge in [0.05, 0.1) is 11.5 Å². The molecule has 168 valence electrons. The van der Waals surface area contributed by atoms with Crippen LogP contribution >= 0.6 is 24.0 Å². The number of carbonyl (C=O) groups is 2. The van der Waals surface area contributed by atoms with E-state index in [1.165, 1.54) is 17.3 Å². The molecule has 1 fully saturated rings. The van der Waals surface area contributed by atoms with Gasteiger partial charge in [-0.3, -0.25) is 14.5 Å². The minimum absolute atomic E-state index is 0.143. The number of amides is 1. The van der Waals surface area contributed by atoms with Crippen molar-refractivity contribution < 1.29 is 19.1 Å². The highest BCUT2D eigenvalue weighted by Gasteiger charge is 2.31. The van der Waals surface area contributed by atoms with Crippen LogP contribution in [-0.2, 0) is 20.9 Å². The molecule has 1 aliphatic rings. The third-order valence-electron chi connectivity index (χ3n) is 4.95. The Kier molecular flexibility index (Phi) is 8.88. The van der Waals surface area contributed by atoms with E-state index in [0.717, 1.165) is 17.5 Å². The number of thioether (sulfide) groups is 1. The summed E-state index contributed by atoms with van der Waals surface area (Å²) in [7, 11) is 0. The van der Waals surface area contributed by atoms with Crippen LogP contribution in [0.2, 0.25) is 0 Å². The molecule has 0 N–H and O–H groups in total. The number of nitrogens with zero attached hydrogens (tertiary/aromatic N) is 1. The van der Waals surface area contributed by atoms with E-state index in [9.17, 15) is 9.59 Å². The molecule has 32 heavy (non-hydrogen) atoms. The fourth-order valence-corrected chi connectivity index (χ4v) is 4.46. The summed E-state index contributed by atoms with van der Waals surface area (Å²) in [5, 5.41) is 0. The molecule has 1 aliphatic heterocycles. The Bertz CT molecular complexity index is 1020. The maximum absolute atomic E-state index is 12.9. The van der Waals surface area contributed by atoms with Gasteiger partial charge in [0.15, 0.2) is 0 Å². The standard InChI is InChI=1S/C25H27NO4S2/c1-3-15-29-23(27)13-8-14-26-24(28)22(32-25(26)31)16-19-10-6-7-12-21(19)30-17-20-11-5-4-9-18(20)2/h4-7,9-12,16H,3,8,13-15,17H2,1-2H3/b22-16+. The first-order chi connectivity index (χ1) is 15.5. The number of carbonyl (C=O) groups excluding carboxylic acids is 2. The number of thiocarbonyl (C=S) groups is 1. The van der Waals surface area contributed by atoms with E-state index < -0.39 is 0 Å². The predicted octanol–water partition coefficient (Wildman–Crippen LogP) is 5.51. The SMILES string of the molecule is CCCOC(=O)CCCN1C(=O)/C(=C\c2ccccc2OCc2ccccc2C)SC1=S. The first-order valence-electron chi connectivity index (χ1n) is 10.7. The average molecular weight is 470 g/mol. The van der Waals surface area contributed by atoms with Crippen molar-refractivity contribution in [1.29, 1.82) is 0 Å². The summed E-state index contributed by atoms with van der Waals surface area (Å²) >= 11 is 6.67. The molecule has 0 unspecified atom stereocenters. The highest BCUT2D eigenvalue weighted by atomic mass is 32.2. The quantitative estimate of drug-likeness (QED) is 0.260. The molecule has 0 spiro atoms. The largest absolute Gasteiger partial charge is 0.488 e. The topological polar surface area (TPSA) is 55.8 Å². The Morgan fingerprint density at radius 2 is 1.91 bits per heavy atom. The number of hydrogen-bond acceptors (Lipinski definition) is 6. The number of esters is 1. The third kappa shape index (κ3) is 6.43. The number of aryl methyl sites for hydroxylation is 1. The number of hydrogen-bond donors (Lipinski definition) is 0. The van der Waals surface area contributed by atoms with Crippen LogP contribution in [0.1, 0.15) is 42.9 Å². The zero-order valence-electron chi connectivity index (χ0n) is 18.3. The first-order valence-corrected chi connectivity index (χ1v) is 11.9. The maximum atomic E-state index is 12.9. The monoisotopic (exact) mass is 469 g/mol. The molecular formula is C25H27NO4S2. The molecule has 0 aromatic heterocycles. The van der Waals surface area contributed by atoms with Crippen molar-refractivity contribution in [2.45, 2.75) is 39.7 Å². The van der Waals surface area contributed by atoms with Crippen molar-refractivity contribution in [3.05, 3.63) is 70.1 Å². The third-order valence-corrected chi connectivity index (χ3v) is 6.33. The smallest absolute Gasteiger partial charge is 0.305 e. The van der Waals surface area contributed by atoms with E-state index in [1.807, 2.05) is 55.5 Å². The van der Waals surface area contributed by atoms with Gasteiger partial charge in [0, 0.05) is 18.5 Å². The molecule has 0 radical (unpaired) electrons. The number of benzene rings is 2. The van der Waals surface area contributed by atoms with Crippen LogP contribution in [0.4, 0.5) is 0 Å². The van der Waals surface area contributed by atoms with Crippen molar-refractivity contribution in [3.8, 4) is 5.75 Å². The summed E-state index contributed by atoms with van der Waals surface area (Å²) in [6.07, 6.45) is 3.40. The van der Waals surface area contributed by atoms with Crippen LogP contribution in [-0.4, -0.2) is 34.2 Å². The fourth-order valence-electron chi connectivity index (χ4n) is 3.16. The minimum atomic E-state index is -0.243. The lowest BCUT2D eigenvalue weighted by Crippen LogP contribution is -2.29. The van der Waals surface area contributed by atoms with E-state index in [1.54, 1.807) is 4.90 Å². The minimum Gasteiger partial charge on any atom is -0.488 e. The summed E-state index contributed by atoms with van der Waals surface area (Å²) in [5.74, 6) is 0.322. The van der Waals surface area contributed by atoms with Crippen molar-refractivity contribution >= 4 is 46.3 Å². The van der Waals surface area contributed by atoms with Gasteiger partial charge in [-0.15, -0.1) is 0 Å². The maximum Gasteiger partial charge on any atom is 0.305 e. The van der Waals surface area contributed by atoms with Crippen molar-refractivity contribution in [3.63, 3.8) is 0 Å². The van der Waals surface area contributed by atoms with Gasteiger partial charge in [0.2, 0.25) is 0 Å². The van der Waals surface area contributed by atoms with Crippen LogP contribution in [0.15, 0.2) is 53.4 Å². The van der Waals surface area contributed by atoms with Gasteiger partial charge in [-0.05, 0) is 43.0 Å². The highest BCUT2D eigenvalue weighted by Crippen LogP contribution is 2.34. The number of rotatable bonds is 10. The predicted molar refractivity (Wildman–Crippen MR) is 132 cm³/mol. The Labute approximate surface area is 198 Å². The average Bonchev–Trinajstić information content (AvgIpc) is 3.05. The fraction of sp³-hybridized carbons (Fsp3) is 0.320. The molecule has 0 atom stereocenters. The molecule has 0 saturated carbocycles. The normalized spacial score (nSPS) is 14.8. The molecule has 2 aromatic rings. The van der Waals surface area contributed by atoms with Gasteiger partial charge < -0.3 is 9.47 Å². The van der Waals surface area contributed by atoms with Gasteiger partial charge in [-0.25, -0.2) is 0 Å². The van der Waals surface area contributed by atoms with Crippen LogP contribution in [0.5, 0.6) is 5.75 Å². The van der Waals surface area contributed by atoms with Gasteiger partial charge in [0.1, 0.15) is 16.7 Å². The van der Waals surface area contributed by atoms with Gasteiger partial charge >= 0.3 is 5.97 Å². The Morgan fingerprint density at radius 3 is 2.69 bits per heavy atom. The van der Waals surface area contributed by atoms with Crippen LogP contribution < -0.4 is 4.74 Å². The Morgan fingerprint density at radius 1 is 1.16 bits per heavy atom. The lowest BCUT2D eigenvalue weighted by atomic mass is 10.1. The molecule has 0 bridgehead atoms. The second kappa shape index (κ2) is 11.8. The number of ether oxygens (including phenoxy) is 2. The van der Waals surface area contributed by atoms with Crippen LogP contribution in [0.25, 0.3) is 6.08 Å². The van der Waals surface area contributed by atoms with Gasteiger partial charge in [-0.2, -0.15) is 0 Å². The Hall–Kier alpha value is -2.64. The highest BCUT2D eigenvalue weighted by molar-refractivity contribution is 8.26. The van der Waals surface area contributed by atoms with Gasteiger partial charge in [0.25, 0.3) is 5.91 Å². The second-order valence-electron chi connectivity index (χ2n) is 7.41. The molecule has 1 heterocycles. The molecule has 3 rings (SSSR count). The second-order valence-corrected chi connectivity index (χ2v) is 9.09. The summed E-state index contributed by atoms with van der Waals surface area (Å²) < 4.78 is 11.6.